The zero-order chi connectivity index (χ0) is 19.5. The Hall–Kier alpha value is -2.99. The molecule has 0 spiro atoms. The highest BCUT2D eigenvalue weighted by molar-refractivity contribution is 6.36. The first-order valence-electron chi connectivity index (χ1n) is 9.13. The number of rotatable bonds is 4. The van der Waals surface area contributed by atoms with Gasteiger partial charge in [0.2, 0.25) is 0 Å². The second-order valence-electron chi connectivity index (χ2n) is 6.66. The lowest BCUT2D eigenvalue weighted by Crippen LogP contribution is -2.49. The lowest BCUT2D eigenvalue weighted by atomic mass is 10.0. The van der Waals surface area contributed by atoms with E-state index in [9.17, 15) is 9.59 Å². The van der Waals surface area contributed by atoms with Crippen LogP contribution in [0.1, 0.15) is 15.9 Å². The van der Waals surface area contributed by atoms with Crippen molar-refractivity contribution in [3.63, 3.8) is 0 Å². The third-order valence-corrected chi connectivity index (χ3v) is 5.30. The molecule has 7 heteroatoms. The highest BCUT2D eigenvalue weighted by Gasteiger charge is 2.25. The molecule has 1 aliphatic rings. The topological polar surface area (TPSA) is 66.4 Å². The summed E-state index contributed by atoms with van der Waals surface area (Å²) >= 11 is 6.41. The van der Waals surface area contributed by atoms with Crippen LogP contribution < -0.4 is 4.90 Å². The summed E-state index contributed by atoms with van der Waals surface area (Å²) in [6.07, 6.45) is 6.13. The van der Waals surface area contributed by atoms with Crippen molar-refractivity contribution in [1.82, 2.24) is 14.9 Å². The van der Waals surface area contributed by atoms with Gasteiger partial charge in [-0.05, 0) is 35.9 Å². The smallest absolute Gasteiger partial charge is 0.255 e. The highest BCUT2D eigenvalue weighted by atomic mass is 35.5. The molecule has 0 saturated carbocycles. The van der Waals surface area contributed by atoms with Crippen LogP contribution >= 0.6 is 11.6 Å². The maximum Gasteiger partial charge on any atom is 0.255 e. The molecule has 1 saturated heterocycles. The lowest BCUT2D eigenvalue weighted by molar-refractivity contribution is -0.107. The van der Waals surface area contributed by atoms with Crippen molar-refractivity contribution in [2.75, 3.05) is 31.1 Å². The monoisotopic (exact) mass is 394 g/mol. The van der Waals surface area contributed by atoms with Crippen LogP contribution in [0.15, 0.2) is 48.9 Å². The van der Waals surface area contributed by atoms with Gasteiger partial charge < -0.3 is 14.6 Å². The summed E-state index contributed by atoms with van der Waals surface area (Å²) in [5.41, 5.74) is 3.17. The van der Waals surface area contributed by atoms with E-state index in [2.05, 4.69) is 14.9 Å². The third-order valence-electron chi connectivity index (χ3n) is 4.99. The number of piperazine rings is 1. The van der Waals surface area contributed by atoms with Crippen LogP contribution in [0.4, 0.5) is 5.69 Å². The number of aldehydes is 1. The normalized spacial score (nSPS) is 14.3. The fourth-order valence-electron chi connectivity index (χ4n) is 3.64. The average Bonchev–Trinajstić information content (AvgIpc) is 2.75. The first kappa shape index (κ1) is 18.4. The molecule has 0 atom stereocenters. The number of carbonyl (C=O) groups excluding carboxylic acids is 2. The molecule has 142 valence electrons. The Kier molecular flexibility index (Phi) is 5.21. The predicted molar refractivity (Wildman–Crippen MR) is 109 cm³/mol. The van der Waals surface area contributed by atoms with Crippen LogP contribution in [0.2, 0.25) is 5.02 Å². The summed E-state index contributed by atoms with van der Waals surface area (Å²) in [5, 5.41) is 1.46. The largest absolute Gasteiger partial charge is 0.366 e. The van der Waals surface area contributed by atoms with Crippen molar-refractivity contribution in [2.24, 2.45) is 0 Å². The lowest BCUT2D eigenvalue weighted by Gasteiger charge is -2.37. The zero-order valence-corrected chi connectivity index (χ0v) is 16.0. The number of fused-ring (bicyclic) bond motifs is 1. The molecule has 4 rings (SSSR count). The molecule has 0 bridgehead atoms. The van der Waals surface area contributed by atoms with E-state index >= 15 is 0 Å². The molecule has 0 N–H and O–H groups in total. The minimum absolute atomic E-state index is 0.0139. The Labute approximate surface area is 167 Å². The minimum Gasteiger partial charge on any atom is -0.366 e. The van der Waals surface area contributed by atoms with Gasteiger partial charge in [0.15, 0.2) is 0 Å². The van der Waals surface area contributed by atoms with Crippen molar-refractivity contribution in [3.8, 4) is 0 Å². The van der Waals surface area contributed by atoms with E-state index in [4.69, 9.17) is 11.6 Å². The van der Waals surface area contributed by atoms with Crippen LogP contribution in [-0.2, 0) is 11.2 Å². The van der Waals surface area contributed by atoms with Crippen molar-refractivity contribution >= 4 is 40.4 Å². The SMILES string of the molecule is O=CCc1cc(Cl)c2cccnc2c1N1CCN(C(=O)c2cccnc2)CC1. The third kappa shape index (κ3) is 3.43. The average molecular weight is 395 g/mol. The Morgan fingerprint density at radius 1 is 1.14 bits per heavy atom. The van der Waals surface area contributed by atoms with Gasteiger partial charge in [-0.1, -0.05) is 11.6 Å². The van der Waals surface area contributed by atoms with Crippen LogP contribution in [0.5, 0.6) is 0 Å². The van der Waals surface area contributed by atoms with Crippen LogP contribution in [-0.4, -0.2) is 53.2 Å². The van der Waals surface area contributed by atoms with Crippen LogP contribution in [0.3, 0.4) is 0 Å². The number of benzene rings is 1. The van der Waals surface area contributed by atoms with Crippen molar-refractivity contribution < 1.29 is 9.59 Å². The summed E-state index contributed by atoms with van der Waals surface area (Å²) in [4.78, 5) is 36.5. The number of hydrogen-bond acceptors (Lipinski definition) is 5. The van der Waals surface area contributed by atoms with E-state index in [-0.39, 0.29) is 12.3 Å². The minimum atomic E-state index is -0.0139. The highest BCUT2D eigenvalue weighted by Crippen LogP contribution is 2.35. The van der Waals surface area contributed by atoms with E-state index in [1.807, 2.05) is 23.1 Å². The molecule has 0 aliphatic carbocycles. The second kappa shape index (κ2) is 7.94. The summed E-state index contributed by atoms with van der Waals surface area (Å²) in [5.74, 6) is -0.0139. The Balaban J connectivity index is 1.62. The number of amides is 1. The first-order valence-corrected chi connectivity index (χ1v) is 9.51. The molecule has 1 aliphatic heterocycles. The standard InChI is InChI=1S/C21H19ClN4O2/c22-18-13-15(5-12-27)20(19-17(18)4-2-7-24-19)25-8-10-26(11-9-25)21(28)16-3-1-6-23-14-16/h1-4,6-7,12-14H,5,8-11H2. The van der Waals surface area contributed by atoms with Crippen molar-refractivity contribution in [3.05, 3.63) is 65.1 Å². The molecule has 6 nitrogen and oxygen atoms in total. The first-order chi connectivity index (χ1) is 13.7. The molecule has 0 unspecified atom stereocenters. The number of anilines is 1. The van der Waals surface area contributed by atoms with Gasteiger partial charge in [-0.2, -0.15) is 0 Å². The van der Waals surface area contributed by atoms with Gasteiger partial charge >= 0.3 is 0 Å². The van der Waals surface area contributed by atoms with Gasteiger partial charge in [0.05, 0.1) is 21.8 Å². The van der Waals surface area contributed by atoms with E-state index in [1.54, 1.807) is 30.7 Å². The van der Waals surface area contributed by atoms with Crippen LogP contribution in [0, 0.1) is 0 Å². The summed E-state index contributed by atoms with van der Waals surface area (Å²) in [7, 11) is 0. The molecular formula is C21H19ClN4O2. The Morgan fingerprint density at radius 2 is 1.93 bits per heavy atom. The maximum atomic E-state index is 12.7. The summed E-state index contributed by atoms with van der Waals surface area (Å²) in [6.45, 7) is 2.49. The summed E-state index contributed by atoms with van der Waals surface area (Å²) < 4.78 is 0. The molecule has 0 radical (unpaired) electrons. The number of nitrogens with zero attached hydrogens (tertiary/aromatic N) is 4. The van der Waals surface area contributed by atoms with Gasteiger partial charge in [-0.15, -0.1) is 0 Å². The predicted octanol–water partition coefficient (Wildman–Crippen LogP) is 2.99. The van der Waals surface area contributed by atoms with E-state index < -0.39 is 0 Å². The molecule has 28 heavy (non-hydrogen) atoms. The van der Waals surface area contributed by atoms with E-state index in [0.29, 0.717) is 36.8 Å². The Morgan fingerprint density at radius 3 is 2.64 bits per heavy atom. The molecule has 1 aromatic carbocycles. The van der Waals surface area contributed by atoms with E-state index in [0.717, 1.165) is 28.4 Å². The van der Waals surface area contributed by atoms with Gasteiger partial charge in [0.25, 0.3) is 5.91 Å². The van der Waals surface area contributed by atoms with Crippen molar-refractivity contribution in [2.45, 2.75) is 6.42 Å². The maximum absolute atomic E-state index is 12.7. The van der Waals surface area contributed by atoms with E-state index in [1.165, 1.54) is 0 Å². The summed E-state index contributed by atoms with van der Waals surface area (Å²) in [6, 6.07) is 9.17. The quantitative estimate of drug-likeness (QED) is 0.636. The number of aromatic nitrogens is 2. The van der Waals surface area contributed by atoms with Gasteiger partial charge in [0.1, 0.15) is 6.29 Å². The number of carbonyl (C=O) groups is 2. The molecule has 2 aromatic heterocycles. The zero-order valence-electron chi connectivity index (χ0n) is 15.2. The number of pyridine rings is 2. The fourth-order valence-corrected chi connectivity index (χ4v) is 3.93. The van der Waals surface area contributed by atoms with Crippen molar-refractivity contribution in [1.29, 1.82) is 0 Å². The molecule has 3 heterocycles. The molecule has 1 amide bonds. The molecule has 3 aromatic rings. The fraction of sp³-hybridized carbons (Fsp3) is 0.238. The Bertz CT molecular complexity index is 1020. The van der Waals surface area contributed by atoms with Gasteiger partial charge in [-0.25, -0.2) is 0 Å². The van der Waals surface area contributed by atoms with Gasteiger partial charge in [0, 0.05) is 56.6 Å². The molecule has 1 fully saturated rings. The number of hydrogen-bond donors (Lipinski definition) is 0. The van der Waals surface area contributed by atoms with Crippen LogP contribution in [0.25, 0.3) is 10.9 Å². The number of halogens is 1. The molecular weight excluding hydrogens is 376 g/mol. The van der Waals surface area contributed by atoms with Gasteiger partial charge in [-0.3, -0.25) is 14.8 Å². The second-order valence-corrected chi connectivity index (χ2v) is 7.06.